The molecule has 2 rings (SSSR count). The minimum Gasteiger partial charge on any atom is -0.324 e. The van der Waals surface area contributed by atoms with Crippen LogP contribution in [0.15, 0.2) is 42.5 Å². The normalized spacial score (nSPS) is 10.8. The number of anilines is 1. The van der Waals surface area contributed by atoms with Crippen molar-refractivity contribution in [1.82, 2.24) is 4.90 Å². The first-order valence-electron chi connectivity index (χ1n) is 6.62. The topological polar surface area (TPSA) is 32.3 Å². The second-order valence-electron chi connectivity index (χ2n) is 4.94. The lowest BCUT2D eigenvalue weighted by Gasteiger charge is -2.17. The molecule has 0 atom stereocenters. The summed E-state index contributed by atoms with van der Waals surface area (Å²) in [6.45, 7) is 0.445. The van der Waals surface area contributed by atoms with Crippen LogP contribution < -0.4 is 5.32 Å². The van der Waals surface area contributed by atoms with Crippen molar-refractivity contribution in [2.24, 2.45) is 0 Å². The van der Waals surface area contributed by atoms with Crippen LogP contribution in [0.2, 0.25) is 10.0 Å². The molecule has 1 amide bonds. The number of carbonyl (C=O) groups excluding carboxylic acids is 1. The SMILES string of the molecule is CN(CC(=O)Nc1cc(Cl)ccc1Cl)Cc1ccccc1F. The standard InChI is InChI=1S/C16H15Cl2FN2O/c1-21(9-11-4-2-3-5-14(11)19)10-16(22)20-15-8-12(17)6-7-13(15)18/h2-8H,9-10H2,1H3,(H,20,22). The summed E-state index contributed by atoms with van der Waals surface area (Å²) in [5.41, 5.74) is 0.997. The molecule has 0 spiro atoms. The Bertz CT molecular complexity index is 679. The number of rotatable bonds is 5. The Hall–Kier alpha value is -1.62. The molecule has 0 heterocycles. The molecule has 1 N–H and O–H groups in total. The van der Waals surface area contributed by atoms with Crippen LogP contribution in [-0.4, -0.2) is 24.4 Å². The van der Waals surface area contributed by atoms with Crippen molar-refractivity contribution in [3.63, 3.8) is 0 Å². The molecule has 2 aromatic carbocycles. The van der Waals surface area contributed by atoms with Gasteiger partial charge in [-0.05, 0) is 31.3 Å². The first-order valence-corrected chi connectivity index (χ1v) is 7.38. The van der Waals surface area contributed by atoms with Crippen molar-refractivity contribution in [2.45, 2.75) is 6.54 Å². The molecule has 0 radical (unpaired) electrons. The van der Waals surface area contributed by atoms with Gasteiger partial charge in [-0.15, -0.1) is 0 Å². The zero-order chi connectivity index (χ0) is 16.1. The predicted octanol–water partition coefficient (Wildman–Crippen LogP) is 4.20. The van der Waals surface area contributed by atoms with E-state index in [0.29, 0.717) is 27.8 Å². The lowest BCUT2D eigenvalue weighted by atomic mass is 10.2. The number of nitrogens with zero attached hydrogens (tertiary/aromatic N) is 1. The molecule has 3 nitrogen and oxygen atoms in total. The van der Waals surface area contributed by atoms with Crippen LogP contribution in [0.1, 0.15) is 5.56 Å². The summed E-state index contributed by atoms with van der Waals surface area (Å²) in [6, 6.07) is 11.3. The summed E-state index contributed by atoms with van der Waals surface area (Å²) in [7, 11) is 1.74. The molecule has 0 aliphatic rings. The van der Waals surface area contributed by atoms with Crippen LogP contribution in [0.3, 0.4) is 0 Å². The summed E-state index contributed by atoms with van der Waals surface area (Å²) >= 11 is 11.9. The molecule has 0 saturated heterocycles. The fourth-order valence-corrected chi connectivity index (χ4v) is 2.34. The molecule has 116 valence electrons. The summed E-state index contributed by atoms with van der Waals surface area (Å²) in [5.74, 6) is -0.532. The van der Waals surface area contributed by atoms with E-state index in [1.54, 1.807) is 48.3 Å². The average Bonchev–Trinajstić information content (AvgIpc) is 2.45. The second kappa shape index (κ2) is 7.58. The number of halogens is 3. The lowest BCUT2D eigenvalue weighted by molar-refractivity contribution is -0.117. The predicted molar refractivity (Wildman–Crippen MR) is 87.8 cm³/mol. The van der Waals surface area contributed by atoms with Gasteiger partial charge in [0.2, 0.25) is 5.91 Å². The number of benzene rings is 2. The maximum atomic E-state index is 13.6. The van der Waals surface area contributed by atoms with Crippen molar-refractivity contribution in [1.29, 1.82) is 0 Å². The van der Waals surface area contributed by atoms with Gasteiger partial charge in [-0.25, -0.2) is 4.39 Å². The largest absolute Gasteiger partial charge is 0.324 e. The number of amides is 1. The van der Waals surface area contributed by atoms with E-state index in [1.165, 1.54) is 6.07 Å². The Kier molecular flexibility index (Phi) is 5.77. The number of nitrogens with one attached hydrogen (secondary N) is 1. The number of likely N-dealkylation sites (N-methyl/N-ethyl adjacent to an activating group) is 1. The van der Waals surface area contributed by atoms with Gasteiger partial charge in [-0.2, -0.15) is 0 Å². The number of carbonyl (C=O) groups is 1. The van der Waals surface area contributed by atoms with Gasteiger partial charge in [0.1, 0.15) is 5.82 Å². The first kappa shape index (κ1) is 16.7. The highest BCUT2D eigenvalue weighted by Crippen LogP contribution is 2.25. The molecule has 0 fully saturated rings. The van der Waals surface area contributed by atoms with Crippen molar-refractivity contribution in [3.05, 3.63) is 63.9 Å². The van der Waals surface area contributed by atoms with Gasteiger partial charge in [0.15, 0.2) is 0 Å². The van der Waals surface area contributed by atoms with Crippen LogP contribution >= 0.6 is 23.2 Å². The molecule has 2 aromatic rings. The van der Waals surface area contributed by atoms with Crippen molar-refractivity contribution in [3.8, 4) is 0 Å². The highest BCUT2D eigenvalue weighted by molar-refractivity contribution is 6.35. The molecule has 0 aromatic heterocycles. The van der Waals surface area contributed by atoms with Gasteiger partial charge in [-0.3, -0.25) is 9.69 Å². The van der Waals surface area contributed by atoms with Gasteiger partial charge in [0.25, 0.3) is 0 Å². The highest BCUT2D eigenvalue weighted by Gasteiger charge is 2.11. The van der Waals surface area contributed by atoms with Crippen LogP contribution in [0.25, 0.3) is 0 Å². The van der Waals surface area contributed by atoms with E-state index in [2.05, 4.69) is 5.32 Å². The zero-order valence-corrected chi connectivity index (χ0v) is 13.5. The van der Waals surface area contributed by atoms with E-state index in [1.807, 2.05) is 0 Å². The van der Waals surface area contributed by atoms with Gasteiger partial charge in [0, 0.05) is 17.1 Å². The monoisotopic (exact) mass is 340 g/mol. The third kappa shape index (κ3) is 4.70. The quantitative estimate of drug-likeness (QED) is 0.884. The Morgan fingerprint density at radius 2 is 1.95 bits per heavy atom. The van der Waals surface area contributed by atoms with Crippen LogP contribution in [-0.2, 0) is 11.3 Å². The number of hydrogen-bond donors (Lipinski definition) is 1. The molecule has 0 aliphatic heterocycles. The van der Waals surface area contributed by atoms with E-state index in [0.717, 1.165) is 0 Å². The first-order chi connectivity index (χ1) is 10.5. The van der Waals surface area contributed by atoms with Crippen molar-refractivity contribution >= 4 is 34.8 Å². The lowest BCUT2D eigenvalue weighted by Crippen LogP contribution is -2.30. The molecule has 0 aliphatic carbocycles. The highest BCUT2D eigenvalue weighted by atomic mass is 35.5. The molecule has 0 bridgehead atoms. The molecule has 22 heavy (non-hydrogen) atoms. The van der Waals surface area contributed by atoms with Crippen LogP contribution in [0.4, 0.5) is 10.1 Å². The minimum atomic E-state index is -0.285. The van der Waals surface area contributed by atoms with Crippen molar-refractivity contribution in [2.75, 3.05) is 18.9 Å². The maximum Gasteiger partial charge on any atom is 0.238 e. The summed E-state index contributed by atoms with van der Waals surface area (Å²) < 4.78 is 13.6. The van der Waals surface area contributed by atoms with Gasteiger partial charge in [-0.1, -0.05) is 41.4 Å². The molecular formula is C16H15Cl2FN2O. The van der Waals surface area contributed by atoms with Gasteiger partial charge >= 0.3 is 0 Å². The van der Waals surface area contributed by atoms with E-state index < -0.39 is 0 Å². The zero-order valence-electron chi connectivity index (χ0n) is 11.9. The van der Waals surface area contributed by atoms with Crippen molar-refractivity contribution < 1.29 is 9.18 Å². The minimum absolute atomic E-state index is 0.108. The second-order valence-corrected chi connectivity index (χ2v) is 5.78. The third-order valence-corrected chi connectivity index (χ3v) is 3.58. The Labute approximate surface area is 138 Å². The summed E-state index contributed by atoms with van der Waals surface area (Å²) in [4.78, 5) is 13.7. The molecule has 0 unspecified atom stereocenters. The fourth-order valence-electron chi connectivity index (χ4n) is 2.00. The van der Waals surface area contributed by atoms with E-state index in [-0.39, 0.29) is 18.3 Å². The fraction of sp³-hybridized carbons (Fsp3) is 0.188. The molecular weight excluding hydrogens is 326 g/mol. The summed E-state index contributed by atoms with van der Waals surface area (Å²) in [5, 5.41) is 3.59. The Balaban J connectivity index is 1.94. The van der Waals surface area contributed by atoms with Crippen LogP contribution in [0.5, 0.6) is 0 Å². The van der Waals surface area contributed by atoms with E-state index in [4.69, 9.17) is 23.2 Å². The molecule has 6 heteroatoms. The Morgan fingerprint density at radius 1 is 1.23 bits per heavy atom. The smallest absolute Gasteiger partial charge is 0.238 e. The maximum absolute atomic E-state index is 13.6. The third-order valence-electron chi connectivity index (χ3n) is 3.01. The van der Waals surface area contributed by atoms with E-state index in [9.17, 15) is 9.18 Å². The van der Waals surface area contributed by atoms with E-state index >= 15 is 0 Å². The summed E-state index contributed by atoms with van der Waals surface area (Å²) in [6.07, 6.45) is 0. The molecule has 0 saturated carbocycles. The van der Waals surface area contributed by atoms with Gasteiger partial charge in [0.05, 0.1) is 17.3 Å². The number of hydrogen-bond acceptors (Lipinski definition) is 2. The van der Waals surface area contributed by atoms with Gasteiger partial charge < -0.3 is 5.32 Å². The average molecular weight is 341 g/mol. The van der Waals surface area contributed by atoms with Crippen LogP contribution in [0, 0.1) is 5.82 Å². The Morgan fingerprint density at radius 3 is 2.68 bits per heavy atom.